The van der Waals surface area contributed by atoms with Gasteiger partial charge in [0.1, 0.15) is 12.4 Å². The van der Waals surface area contributed by atoms with Crippen LogP contribution in [0.2, 0.25) is 5.02 Å². The van der Waals surface area contributed by atoms with Crippen molar-refractivity contribution in [2.45, 2.75) is 13.5 Å². The fraction of sp³-hybridized carbons (Fsp3) is 0.154. The zero-order chi connectivity index (χ0) is 24.1. The number of thioether (sulfide) groups is 1. The largest absolute Gasteiger partial charge is 0.497 e. The average molecular weight is 512 g/mol. The molecule has 3 aromatic carbocycles. The van der Waals surface area contributed by atoms with Crippen LogP contribution in [-0.4, -0.2) is 23.9 Å². The Morgan fingerprint density at radius 1 is 1.00 bits per heavy atom. The number of carbonyl (C=O) groups excluding carboxylic acids is 1. The standard InChI is InChI=1S/C26H22ClNO4S2/c1-3-31-23-14-18(6-13-22(23)32-16-17-4-7-19(27)8-5-17)15-24-25(29)28(26(33)34-24)20-9-11-21(30-2)12-10-20/h4-15H,3,16H2,1-2H3/b24-15+. The first-order valence-electron chi connectivity index (χ1n) is 10.5. The molecule has 3 aromatic rings. The summed E-state index contributed by atoms with van der Waals surface area (Å²) in [4.78, 5) is 15.2. The summed E-state index contributed by atoms with van der Waals surface area (Å²) < 4.78 is 17.4. The molecule has 0 bridgehead atoms. The van der Waals surface area contributed by atoms with Gasteiger partial charge in [0.05, 0.1) is 24.3 Å². The first-order valence-corrected chi connectivity index (χ1v) is 12.1. The van der Waals surface area contributed by atoms with Gasteiger partial charge < -0.3 is 14.2 Å². The van der Waals surface area contributed by atoms with Crippen LogP contribution in [0.15, 0.2) is 71.6 Å². The highest BCUT2D eigenvalue weighted by atomic mass is 35.5. The number of halogens is 1. The summed E-state index contributed by atoms with van der Waals surface area (Å²) in [6, 6.07) is 20.3. The molecule has 0 unspecified atom stereocenters. The van der Waals surface area contributed by atoms with Crippen molar-refractivity contribution in [3.8, 4) is 17.2 Å². The van der Waals surface area contributed by atoms with Crippen molar-refractivity contribution in [1.29, 1.82) is 0 Å². The van der Waals surface area contributed by atoms with Gasteiger partial charge in [-0.3, -0.25) is 9.69 Å². The van der Waals surface area contributed by atoms with Gasteiger partial charge >= 0.3 is 0 Å². The Morgan fingerprint density at radius 3 is 2.41 bits per heavy atom. The van der Waals surface area contributed by atoms with E-state index in [0.717, 1.165) is 11.1 Å². The van der Waals surface area contributed by atoms with Gasteiger partial charge in [-0.05, 0) is 72.7 Å². The van der Waals surface area contributed by atoms with Crippen LogP contribution in [0.1, 0.15) is 18.1 Å². The molecular formula is C26H22ClNO4S2. The summed E-state index contributed by atoms with van der Waals surface area (Å²) in [5.41, 5.74) is 2.52. The third-order valence-corrected chi connectivity index (χ3v) is 6.55. The molecule has 34 heavy (non-hydrogen) atoms. The van der Waals surface area contributed by atoms with E-state index in [9.17, 15) is 4.79 Å². The highest BCUT2D eigenvalue weighted by Crippen LogP contribution is 2.38. The fourth-order valence-electron chi connectivity index (χ4n) is 3.32. The minimum absolute atomic E-state index is 0.166. The SMILES string of the molecule is CCOc1cc(/C=C2/SC(=S)N(c3ccc(OC)cc3)C2=O)ccc1OCc1ccc(Cl)cc1. The van der Waals surface area contributed by atoms with E-state index in [2.05, 4.69) is 0 Å². The second-order valence-corrected chi connectivity index (χ2v) is 9.38. The van der Waals surface area contributed by atoms with Crippen LogP contribution in [0.4, 0.5) is 5.69 Å². The van der Waals surface area contributed by atoms with Gasteiger partial charge in [-0.15, -0.1) is 0 Å². The van der Waals surface area contributed by atoms with Gasteiger partial charge in [-0.25, -0.2) is 0 Å². The van der Waals surface area contributed by atoms with E-state index in [4.69, 9.17) is 38.0 Å². The molecule has 1 amide bonds. The number of anilines is 1. The number of rotatable bonds is 8. The molecular weight excluding hydrogens is 490 g/mol. The molecule has 0 aliphatic carbocycles. The van der Waals surface area contributed by atoms with E-state index in [-0.39, 0.29) is 5.91 Å². The summed E-state index contributed by atoms with van der Waals surface area (Å²) in [7, 11) is 1.60. The number of amides is 1. The van der Waals surface area contributed by atoms with Crippen LogP contribution < -0.4 is 19.1 Å². The monoisotopic (exact) mass is 511 g/mol. The Morgan fingerprint density at radius 2 is 1.74 bits per heavy atom. The van der Waals surface area contributed by atoms with Crippen molar-refractivity contribution >= 4 is 57.6 Å². The number of nitrogens with zero attached hydrogens (tertiary/aromatic N) is 1. The number of carbonyl (C=O) groups is 1. The third-order valence-electron chi connectivity index (χ3n) is 5.00. The molecule has 0 atom stereocenters. The van der Waals surface area contributed by atoms with Crippen LogP contribution >= 0.6 is 35.6 Å². The maximum absolute atomic E-state index is 13.1. The van der Waals surface area contributed by atoms with E-state index in [1.807, 2.05) is 67.6 Å². The van der Waals surface area contributed by atoms with E-state index >= 15 is 0 Å². The van der Waals surface area contributed by atoms with E-state index in [1.54, 1.807) is 19.2 Å². The van der Waals surface area contributed by atoms with Crippen LogP contribution in [0, 0.1) is 0 Å². The molecule has 0 radical (unpaired) electrons. The zero-order valence-electron chi connectivity index (χ0n) is 18.6. The Kier molecular flexibility index (Phi) is 7.77. The summed E-state index contributed by atoms with van der Waals surface area (Å²) in [5, 5.41) is 0.681. The second-order valence-electron chi connectivity index (χ2n) is 7.27. The molecule has 1 saturated heterocycles. The Bertz CT molecular complexity index is 1230. The van der Waals surface area contributed by atoms with Gasteiger partial charge in [0.15, 0.2) is 15.8 Å². The van der Waals surface area contributed by atoms with Crippen LogP contribution in [0.3, 0.4) is 0 Å². The molecule has 0 spiro atoms. The second kappa shape index (κ2) is 11.0. The van der Waals surface area contributed by atoms with Gasteiger partial charge in [-0.2, -0.15) is 0 Å². The van der Waals surface area contributed by atoms with Gasteiger partial charge in [0, 0.05) is 5.02 Å². The van der Waals surface area contributed by atoms with E-state index in [1.165, 1.54) is 16.7 Å². The highest BCUT2D eigenvalue weighted by Gasteiger charge is 2.33. The van der Waals surface area contributed by atoms with Gasteiger partial charge in [0.25, 0.3) is 5.91 Å². The quantitative estimate of drug-likeness (QED) is 0.247. The maximum atomic E-state index is 13.1. The molecule has 1 aliphatic heterocycles. The molecule has 0 N–H and O–H groups in total. The summed E-state index contributed by atoms with van der Waals surface area (Å²) in [6.07, 6.45) is 1.81. The van der Waals surface area contributed by atoms with Crippen molar-refractivity contribution in [2.75, 3.05) is 18.6 Å². The maximum Gasteiger partial charge on any atom is 0.270 e. The molecule has 1 heterocycles. The molecule has 4 rings (SSSR count). The number of hydrogen-bond acceptors (Lipinski definition) is 6. The van der Waals surface area contributed by atoms with Crippen molar-refractivity contribution < 1.29 is 19.0 Å². The lowest BCUT2D eigenvalue weighted by atomic mass is 10.1. The zero-order valence-corrected chi connectivity index (χ0v) is 21.0. The van der Waals surface area contributed by atoms with Crippen molar-refractivity contribution in [3.63, 3.8) is 0 Å². The predicted molar refractivity (Wildman–Crippen MR) is 142 cm³/mol. The third kappa shape index (κ3) is 5.55. The first-order chi connectivity index (χ1) is 16.5. The number of benzene rings is 3. The Hall–Kier alpha value is -3.00. The van der Waals surface area contributed by atoms with E-state index in [0.29, 0.717) is 50.4 Å². The topological polar surface area (TPSA) is 48.0 Å². The highest BCUT2D eigenvalue weighted by molar-refractivity contribution is 8.27. The van der Waals surface area contributed by atoms with Crippen molar-refractivity contribution in [2.24, 2.45) is 0 Å². The van der Waals surface area contributed by atoms with Gasteiger partial charge in [0.2, 0.25) is 0 Å². The number of thiocarbonyl (C=S) groups is 1. The molecule has 0 aromatic heterocycles. The van der Waals surface area contributed by atoms with Gasteiger partial charge in [-0.1, -0.05) is 53.8 Å². The number of hydrogen-bond donors (Lipinski definition) is 0. The lowest BCUT2D eigenvalue weighted by Crippen LogP contribution is -2.27. The molecule has 5 nitrogen and oxygen atoms in total. The molecule has 8 heteroatoms. The summed E-state index contributed by atoms with van der Waals surface area (Å²) in [6.45, 7) is 2.78. The fourth-order valence-corrected chi connectivity index (χ4v) is 4.74. The molecule has 1 fully saturated rings. The Labute approximate surface area is 213 Å². The normalized spacial score (nSPS) is 14.6. The summed E-state index contributed by atoms with van der Waals surface area (Å²) in [5.74, 6) is 1.78. The van der Waals surface area contributed by atoms with Crippen LogP contribution in [0.5, 0.6) is 17.2 Å². The minimum Gasteiger partial charge on any atom is -0.497 e. The predicted octanol–water partition coefficient (Wildman–Crippen LogP) is 6.73. The molecule has 174 valence electrons. The van der Waals surface area contributed by atoms with Crippen molar-refractivity contribution in [1.82, 2.24) is 0 Å². The number of methoxy groups -OCH3 is 1. The Balaban J connectivity index is 1.53. The first kappa shape index (κ1) is 24.1. The lowest BCUT2D eigenvalue weighted by molar-refractivity contribution is -0.113. The molecule has 1 aliphatic rings. The van der Waals surface area contributed by atoms with Crippen LogP contribution in [-0.2, 0) is 11.4 Å². The lowest BCUT2D eigenvalue weighted by Gasteiger charge is -2.15. The molecule has 0 saturated carbocycles. The smallest absolute Gasteiger partial charge is 0.270 e. The average Bonchev–Trinajstić information content (AvgIpc) is 3.12. The van der Waals surface area contributed by atoms with E-state index < -0.39 is 0 Å². The number of ether oxygens (including phenoxy) is 3. The van der Waals surface area contributed by atoms with Crippen LogP contribution in [0.25, 0.3) is 6.08 Å². The van der Waals surface area contributed by atoms with Crippen molar-refractivity contribution in [3.05, 3.63) is 87.8 Å². The minimum atomic E-state index is -0.166. The summed E-state index contributed by atoms with van der Waals surface area (Å²) >= 11 is 12.7.